The van der Waals surface area contributed by atoms with Crippen LogP contribution in [0.5, 0.6) is 5.75 Å². The van der Waals surface area contributed by atoms with Gasteiger partial charge in [0.25, 0.3) is 0 Å². The van der Waals surface area contributed by atoms with Gasteiger partial charge in [-0.3, -0.25) is 10.1 Å². The molecule has 1 heterocycles. The Labute approximate surface area is 144 Å². The number of nitrogens with one attached hydrogen (secondary N) is 1. The summed E-state index contributed by atoms with van der Waals surface area (Å²) in [7, 11) is 1.41. The van der Waals surface area contributed by atoms with E-state index in [1.54, 1.807) is 12.1 Å². The van der Waals surface area contributed by atoms with E-state index >= 15 is 0 Å². The Hall–Kier alpha value is -2.89. The average molecular weight is 340 g/mol. The largest absolute Gasteiger partial charge is 0.490 e. The predicted octanol–water partition coefficient (Wildman–Crippen LogP) is 4.57. The third-order valence-corrected chi connectivity index (χ3v) is 5.10. The Morgan fingerprint density at radius 3 is 2.92 bits per heavy atom. The fourth-order valence-corrected chi connectivity index (χ4v) is 3.96. The van der Waals surface area contributed by atoms with E-state index < -0.39 is 4.92 Å². The average Bonchev–Trinajstić information content (AvgIpc) is 3.11. The summed E-state index contributed by atoms with van der Waals surface area (Å²) in [5.74, 6) is 0.224. The van der Waals surface area contributed by atoms with Crippen molar-refractivity contribution in [3.05, 3.63) is 75.6 Å². The number of hydrogen-bond donors (Lipinski definition) is 1. The molecule has 2 aliphatic rings. The first kappa shape index (κ1) is 15.6. The first-order chi connectivity index (χ1) is 12.1. The van der Waals surface area contributed by atoms with Crippen LogP contribution in [0.4, 0.5) is 15.8 Å². The minimum atomic E-state index is -0.454. The molecule has 1 N–H and O–H groups in total. The Balaban J connectivity index is 1.80. The second-order valence-corrected chi connectivity index (χ2v) is 6.37. The number of benzene rings is 2. The molecule has 4 rings (SSSR count). The molecule has 0 amide bonds. The maximum absolute atomic E-state index is 14.3. The van der Waals surface area contributed by atoms with E-state index in [4.69, 9.17) is 4.74 Å². The molecule has 0 unspecified atom stereocenters. The smallest absolute Gasteiger partial charge is 0.311 e. The van der Waals surface area contributed by atoms with E-state index in [9.17, 15) is 14.5 Å². The highest BCUT2D eigenvalue weighted by Gasteiger charge is 2.39. The number of hydrogen-bond acceptors (Lipinski definition) is 4. The molecular formula is C19H17FN2O3. The molecule has 128 valence electrons. The van der Waals surface area contributed by atoms with Gasteiger partial charge in [0.15, 0.2) is 5.75 Å². The van der Waals surface area contributed by atoms with Crippen LogP contribution in [-0.2, 0) is 0 Å². The maximum Gasteiger partial charge on any atom is 0.311 e. The molecule has 0 saturated carbocycles. The van der Waals surface area contributed by atoms with Gasteiger partial charge >= 0.3 is 5.69 Å². The van der Waals surface area contributed by atoms with E-state index in [-0.39, 0.29) is 35.1 Å². The summed E-state index contributed by atoms with van der Waals surface area (Å²) in [6.07, 6.45) is 5.05. The number of nitrogens with zero attached hydrogens (tertiary/aromatic N) is 1. The molecule has 0 spiro atoms. The lowest BCUT2D eigenvalue weighted by Gasteiger charge is -2.37. The van der Waals surface area contributed by atoms with Crippen molar-refractivity contribution in [3.63, 3.8) is 0 Å². The number of nitro benzene ring substituents is 1. The lowest BCUT2D eigenvalue weighted by Crippen LogP contribution is -2.29. The van der Waals surface area contributed by atoms with E-state index in [0.717, 1.165) is 17.5 Å². The van der Waals surface area contributed by atoms with Crippen LogP contribution in [0.15, 0.2) is 48.6 Å². The molecule has 25 heavy (non-hydrogen) atoms. The van der Waals surface area contributed by atoms with Gasteiger partial charge in [-0.15, -0.1) is 0 Å². The van der Waals surface area contributed by atoms with Gasteiger partial charge in [0.2, 0.25) is 0 Å². The number of fused-ring (bicyclic) bond motifs is 3. The van der Waals surface area contributed by atoms with Crippen molar-refractivity contribution in [2.75, 3.05) is 12.4 Å². The SMILES string of the molecule is COc1ccc([C@H]2Nc3c(F)cccc3[C@@H]3C=CC[C@H]23)cc1[N+](=O)[O-]. The van der Waals surface area contributed by atoms with Gasteiger partial charge in [-0.1, -0.05) is 30.4 Å². The molecule has 2 aromatic rings. The summed E-state index contributed by atoms with van der Waals surface area (Å²) >= 11 is 0. The van der Waals surface area contributed by atoms with Gasteiger partial charge < -0.3 is 10.1 Å². The van der Waals surface area contributed by atoms with Gasteiger partial charge in [0, 0.05) is 12.0 Å². The van der Waals surface area contributed by atoms with Crippen LogP contribution in [0.1, 0.15) is 29.5 Å². The Morgan fingerprint density at radius 1 is 1.32 bits per heavy atom. The van der Waals surface area contributed by atoms with E-state index in [1.165, 1.54) is 19.2 Å². The van der Waals surface area contributed by atoms with Crippen molar-refractivity contribution in [1.82, 2.24) is 0 Å². The lowest BCUT2D eigenvalue weighted by atomic mass is 9.77. The van der Waals surface area contributed by atoms with Crippen LogP contribution in [0.25, 0.3) is 0 Å². The third kappa shape index (κ3) is 2.45. The second kappa shape index (κ2) is 5.88. The monoisotopic (exact) mass is 340 g/mol. The zero-order valence-electron chi connectivity index (χ0n) is 13.6. The van der Waals surface area contributed by atoms with Gasteiger partial charge in [-0.2, -0.15) is 0 Å². The summed E-state index contributed by atoms with van der Waals surface area (Å²) < 4.78 is 19.4. The number of allylic oxidation sites excluding steroid dienone is 2. The predicted molar refractivity (Wildman–Crippen MR) is 92.4 cm³/mol. The van der Waals surface area contributed by atoms with Gasteiger partial charge in [0.05, 0.1) is 23.8 Å². The van der Waals surface area contributed by atoms with Crippen molar-refractivity contribution in [3.8, 4) is 5.75 Å². The number of nitro groups is 1. The van der Waals surface area contributed by atoms with Crippen molar-refractivity contribution in [2.24, 2.45) is 5.92 Å². The normalized spacial score (nSPS) is 23.5. The lowest BCUT2D eigenvalue weighted by molar-refractivity contribution is -0.385. The zero-order valence-corrected chi connectivity index (χ0v) is 13.6. The van der Waals surface area contributed by atoms with Crippen LogP contribution in [-0.4, -0.2) is 12.0 Å². The topological polar surface area (TPSA) is 64.4 Å². The Bertz CT molecular complexity index is 881. The van der Waals surface area contributed by atoms with E-state index in [2.05, 4.69) is 17.5 Å². The van der Waals surface area contributed by atoms with Crippen LogP contribution < -0.4 is 10.1 Å². The van der Waals surface area contributed by atoms with Gasteiger partial charge in [-0.05, 0) is 35.6 Å². The highest BCUT2D eigenvalue weighted by molar-refractivity contribution is 5.61. The van der Waals surface area contributed by atoms with Crippen molar-refractivity contribution in [1.29, 1.82) is 0 Å². The van der Waals surface area contributed by atoms with Crippen LogP contribution in [0.2, 0.25) is 0 Å². The van der Waals surface area contributed by atoms with Crippen LogP contribution in [0, 0.1) is 21.8 Å². The standard InChI is InChI=1S/C19H17FN2O3/c1-25-17-9-8-11(10-16(17)22(23)24)18-13-5-2-4-12(13)14-6-3-7-15(20)19(14)21-18/h2-4,6-10,12-13,18,21H,5H2,1H3/t12-,13+,18-/m1/s1. The third-order valence-electron chi connectivity index (χ3n) is 5.10. The Kier molecular flexibility index (Phi) is 3.67. The number of rotatable bonds is 3. The summed E-state index contributed by atoms with van der Waals surface area (Å²) in [6.45, 7) is 0. The molecule has 0 radical (unpaired) electrons. The molecule has 6 heteroatoms. The number of ether oxygens (including phenoxy) is 1. The van der Waals surface area contributed by atoms with Gasteiger partial charge in [-0.25, -0.2) is 4.39 Å². The first-order valence-electron chi connectivity index (χ1n) is 8.14. The quantitative estimate of drug-likeness (QED) is 0.505. The second-order valence-electron chi connectivity index (χ2n) is 6.37. The number of anilines is 1. The zero-order chi connectivity index (χ0) is 17.6. The van der Waals surface area contributed by atoms with E-state index in [0.29, 0.717) is 5.69 Å². The molecule has 0 aromatic heterocycles. The maximum atomic E-state index is 14.3. The summed E-state index contributed by atoms with van der Waals surface area (Å²) in [6, 6.07) is 9.82. The molecule has 3 atom stereocenters. The molecule has 1 aliphatic heterocycles. The van der Waals surface area contributed by atoms with Crippen molar-refractivity contribution in [2.45, 2.75) is 18.4 Å². The molecule has 0 fully saturated rings. The highest BCUT2D eigenvalue weighted by atomic mass is 19.1. The van der Waals surface area contributed by atoms with Crippen LogP contribution >= 0.6 is 0 Å². The number of para-hydroxylation sites is 1. The highest BCUT2D eigenvalue weighted by Crippen LogP contribution is 2.50. The minimum Gasteiger partial charge on any atom is -0.490 e. The molecule has 5 nitrogen and oxygen atoms in total. The van der Waals surface area contributed by atoms with E-state index in [1.807, 2.05) is 12.1 Å². The Morgan fingerprint density at radius 2 is 2.16 bits per heavy atom. The van der Waals surface area contributed by atoms with Crippen molar-refractivity contribution < 1.29 is 14.1 Å². The summed E-state index contributed by atoms with van der Waals surface area (Å²) in [4.78, 5) is 10.9. The number of halogens is 1. The molecular weight excluding hydrogens is 323 g/mol. The summed E-state index contributed by atoms with van der Waals surface area (Å²) in [5.41, 5.74) is 2.11. The molecule has 2 aromatic carbocycles. The van der Waals surface area contributed by atoms with Gasteiger partial charge in [0.1, 0.15) is 5.82 Å². The minimum absolute atomic E-state index is 0.0800. The molecule has 1 aliphatic carbocycles. The summed E-state index contributed by atoms with van der Waals surface area (Å²) in [5, 5.41) is 14.6. The van der Waals surface area contributed by atoms with Crippen LogP contribution in [0.3, 0.4) is 0 Å². The fourth-order valence-electron chi connectivity index (χ4n) is 3.96. The fraction of sp³-hybridized carbons (Fsp3) is 0.263. The number of methoxy groups -OCH3 is 1. The van der Waals surface area contributed by atoms with Crippen molar-refractivity contribution >= 4 is 11.4 Å². The molecule has 0 saturated heterocycles. The first-order valence-corrected chi connectivity index (χ1v) is 8.14. The molecule has 0 bridgehead atoms.